The second-order valence-corrected chi connectivity index (χ2v) is 4.27. The van der Waals surface area contributed by atoms with Crippen LogP contribution in [0.3, 0.4) is 0 Å². The molecular weight excluding hydrogens is 224 g/mol. The summed E-state index contributed by atoms with van der Waals surface area (Å²) in [6, 6.07) is 13.8. The molecular formula is C15H18N2O. The minimum Gasteiger partial charge on any atom is -0.399 e. The largest absolute Gasteiger partial charge is 0.399 e. The van der Waals surface area contributed by atoms with Crippen LogP contribution in [0.15, 0.2) is 42.5 Å². The van der Waals surface area contributed by atoms with E-state index in [0.29, 0.717) is 13.2 Å². The quantitative estimate of drug-likeness (QED) is 0.648. The number of anilines is 1. The molecule has 1 heterocycles. The lowest BCUT2D eigenvalue weighted by Gasteiger charge is -2.06. The summed E-state index contributed by atoms with van der Waals surface area (Å²) in [6.07, 6.45) is 0.832. The standard InChI is InChI=1S/C15H18N2O/c1-12-5-4-7-14(17-12)11-18-10-9-13-6-2-3-8-15(13)16/h2-8H,9-11,16H2,1H3. The van der Waals surface area contributed by atoms with Crippen molar-refractivity contribution < 1.29 is 4.74 Å². The van der Waals surface area contributed by atoms with Crippen LogP contribution < -0.4 is 5.73 Å². The van der Waals surface area contributed by atoms with E-state index < -0.39 is 0 Å². The molecule has 1 aromatic heterocycles. The third-order valence-electron chi connectivity index (χ3n) is 2.77. The molecule has 2 aromatic rings. The van der Waals surface area contributed by atoms with Gasteiger partial charge in [-0.3, -0.25) is 4.98 Å². The van der Waals surface area contributed by atoms with Crippen LogP contribution >= 0.6 is 0 Å². The highest BCUT2D eigenvalue weighted by atomic mass is 16.5. The van der Waals surface area contributed by atoms with Gasteiger partial charge in [-0.2, -0.15) is 0 Å². The molecule has 3 nitrogen and oxygen atoms in total. The lowest BCUT2D eigenvalue weighted by Crippen LogP contribution is -2.03. The van der Waals surface area contributed by atoms with Gasteiger partial charge in [-0.05, 0) is 37.1 Å². The Morgan fingerprint density at radius 2 is 1.94 bits per heavy atom. The van der Waals surface area contributed by atoms with Crippen molar-refractivity contribution in [3.05, 3.63) is 59.4 Å². The van der Waals surface area contributed by atoms with Gasteiger partial charge in [-0.1, -0.05) is 24.3 Å². The summed E-state index contributed by atoms with van der Waals surface area (Å²) < 4.78 is 5.62. The number of nitrogen functional groups attached to an aromatic ring is 1. The Hall–Kier alpha value is -1.87. The minimum absolute atomic E-state index is 0.550. The van der Waals surface area contributed by atoms with Crippen molar-refractivity contribution >= 4 is 5.69 Å². The van der Waals surface area contributed by atoms with Gasteiger partial charge in [0.05, 0.1) is 18.9 Å². The van der Waals surface area contributed by atoms with Crippen LogP contribution in [-0.4, -0.2) is 11.6 Å². The topological polar surface area (TPSA) is 48.1 Å². The molecule has 2 N–H and O–H groups in total. The van der Waals surface area contributed by atoms with Gasteiger partial charge in [-0.25, -0.2) is 0 Å². The van der Waals surface area contributed by atoms with Crippen LogP contribution in [0.5, 0.6) is 0 Å². The highest BCUT2D eigenvalue weighted by molar-refractivity contribution is 5.46. The molecule has 1 aromatic carbocycles. The number of rotatable bonds is 5. The lowest BCUT2D eigenvalue weighted by atomic mass is 10.1. The molecule has 18 heavy (non-hydrogen) atoms. The van der Waals surface area contributed by atoms with Gasteiger partial charge in [-0.15, -0.1) is 0 Å². The van der Waals surface area contributed by atoms with E-state index in [1.165, 1.54) is 0 Å². The van der Waals surface area contributed by atoms with Crippen LogP contribution in [-0.2, 0) is 17.8 Å². The maximum Gasteiger partial charge on any atom is 0.0888 e. The number of aryl methyl sites for hydroxylation is 1. The first-order valence-corrected chi connectivity index (χ1v) is 6.09. The summed E-state index contributed by atoms with van der Waals surface area (Å²) in [7, 11) is 0. The van der Waals surface area contributed by atoms with Crippen LogP contribution in [0.25, 0.3) is 0 Å². The highest BCUT2D eigenvalue weighted by Crippen LogP contribution is 2.11. The molecule has 3 heteroatoms. The van der Waals surface area contributed by atoms with Gasteiger partial charge in [0.2, 0.25) is 0 Å². The summed E-state index contributed by atoms with van der Waals surface area (Å²) >= 11 is 0. The number of aromatic nitrogens is 1. The molecule has 0 aliphatic heterocycles. The summed E-state index contributed by atoms with van der Waals surface area (Å²) in [5.74, 6) is 0. The fourth-order valence-corrected chi connectivity index (χ4v) is 1.80. The Labute approximate surface area is 108 Å². The van der Waals surface area contributed by atoms with Gasteiger partial charge in [0.1, 0.15) is 0 Å². The zero-order valence-corrected chi connectivity index (χ0v) is 10.6. The van der Waals surface area contributed by atoms with Crippen molar-refractivity contribution in [1.29, 1.82) is 0 Å². The first kappa shape index (κ1) is 12.6. The van der Waals surface area contributed by atoms with Gasteiger partial charge < -0.3 is 10.5 Å². The van der Waals surface area contributed by atoms with Crippen LogP contribution in [0.2, 0.25) is 0 Å². The summed E-state index contributed by atoms with van der Waals surface area (Å²) in [4.78, 5) is 4.39. The number of para-hydroxylation sites is 1. The average Bonchev–Trinajstić information content (AvgIpc) is 2.37. The van der Waals surface area contributed by atoms with E-state index in [4.69, 9.17) is 10.5 Å². The zero-order chi connectivity index (χ0) is 12.8. The SMILES string of the molecule is Cc1cccc(COCCc2ccccc2N)n1. The zero-order valence-electron chi connectivity index (χ0n) is 10.6. The molecule has 0 saturated carbocycles. The molecule has 0 amide bonds. The summed E-state index contributed by atoms with van der Waals surface area (Å²) in [5.41, 5.74) is 9.81. The molecule has 0 unspecified atom stereocenters. The first-order valence-electron chi connectivity index (χ1n) is 6.09. The van der Waals surface area contributed by atoms with Crippen molar-refractivity contribution in [3.8, 4) is 0 Å². The first-order chi connectivity index (χ1) is 8.75. The predicted molar refractivity (Wildman–Crippen MR) is 73.2 cm³/mol. The van der Waals surface area contributed by atoms with Crippen molar-refractivity contribution in [2.45, 2.75) is 20.0 Å². The predicted octanol–water partition coefficient (Wildman–Crippen LogP) is 2.73. The maximum atomic E-state index is 5.87. The number of benzene rings is 1. The Bertz CT molecular complexity index is 511. The molecule has 0 saturated heterocycles. The van der Waals surface area contributed by atoms with Crippen molar-refractivity contribution in [2.24, 2.45) is 0 Å². The number of ether oxygens (including phenoxy) is 1. The van der Waals surface area contributed by atoms with Gasteiger partial charge in [0, 0.05) is 11.4 Å². The van der Waals surface area contributed by atoms with E-state index in [1.54, 1.807) is 0 Å². The Morgan fingerprint density at radius 1 is 1.11 bits per heavy atom. The number of nitrogens with two attached hydrogens (primary N) is 1. The van der Waals surface area contributed by atoms with Crippen molar-refractivity contribution in [1.82, 2.24) is 4.98 Å². The fourth-order valence-electron chi connectivity index (χ4n) is 1.80. The molecule has 0 bridgehead atoms. The Kier molecular flexibility index (Phi) is 4.31. The average molecular weight is 242 g/mol. The summed E-state index contributed by atoms with van der Waals surface area (Å²) in [6.45, 7) is 3.19. The number of pyridine rings is 1. The Morgan fingerprint density at radius 3 is 2.72 bits per heavy atom. The van der Waals surface area contributed by atoms with Gasteiger partial charge >= 0.3 is 0 Å². The smallest absolute Gasteiger partial charge is 0.0888 e. The molecule has 0 atom stereocenters. The van der Waals surface area contributed by atoms with E-state index in [1.807, 2.05) is 49.4 Å². The van der Waals surface area contributed by atoms with Crippen LogP contribution in [0.4, 0.5) is 5.69 Å². The molecule has 0 fully saturated rings. The normalized spacial score (nSPS) is 10.5. The van der Waals surface area contributed by atoms with Crippen LogP contribution in [0.1, 0.15) is 17.0 Å². The second-order valence-electron chi connectivity index (χ2n) is 4.27. The van der Waals surface area contributed by atoms with Gasteiger partial charge in [0.25, 0.3) is 0 Å². The Balaban J connectivity index is 1.78. The third-order valence-corrected chi connectivity index (χ3v) is 2.77. The molecule has 0 spiro atoms. The van der Waals surface area contributed by atoms with Gasteiger partial charge in [0.15, 0.2) is 0 Å². The number of nitrogens with zero attached hydrogens (tertiary/aromatic N) is 1. The monoisotopic (exact) mass is 242 g/mol. The van der Waals surface area contributed by atoms with Crippen LogP contribution in [0, 0.1) is 6.92 Å². The fraction of sp³-hybridized carbons (Fsp3) is 0.267. The maximum absolute atomic E-state index is 5.87. The lowest BCUT2D eigenvalue weighted by molar-refractivity contribution is 0.121. The number of hydrogen-bond acceptors (Lipinski definition) is 3. The summed E-state index contributed by atoms with van der Waals surface area (Å²) in [5, 5.41) is 0. The number of hydrogen-bond donors (Lipinski definition) is 1. The van der Waals surface area contributed by atoms with E-state index in [9.17, 15) is 0 Å². The molecule has 0 radical (unpaired) electrons. The van der Waals surface area contributed by atoms with E-state index >= 15 is 0 Å². The highest BCUT2D eigenvalue weighted by Gasteiger charge is 1.99. The van der Waals surface area contributed by atoms with E-state index in [-0.39, 0.29) is 0 Å². The van der Waals surface area contributed by atoms with Crippen molar-refractivity contribution in [3.63, 3.8) is 0 Å². The van der Waals surface area contributed by atoms with Crippen molar-refractivity contribution in [2.75, 3.05) is 12.3 Å². The molecule has 94 valence electrons. The third kappa shape index (κ3) is 3.57. The minimum atomic E-state index is 0.550. The molecule has 2 rings (SSSR count). The van der Waals surface area contributed by atoms with E-state index in [0.717, 1.165) is 29.1 Å². The van der Waals surface area contributed by atoms with E-state index in [2.05, 4.69) is 4.98 Å². The molecule has 0 aliphatic rings. The second kappa shape index (κ2) is 6.17. The molecule has 0 aliphatic carbocycles.